The first-order valence-corrected chi connectivity index (χ1v) is 7.67. The Hall–Kier alpha value is -2.28. The van der Waals surface area contributed by atoms with Crippen molar-refractivity contribution < 1.29 is 19.0 Å². The second-order valence-corrected chi connectivity index (χ2v) is 5.64. The lowest BCUT2D eigenvalue weighted by Gasteiger charge is -2.38. The summed E-state index contributed by atoms with van der Waals surface area (Å²) in [5.74, 6) is 0.899. The average molecular weight is 320 g/mol. The number of thiazole rings is 1. The Morgan fingerprint density at radius 2 is 1.95 bits per heavy atom. The quantitative estimate of drug-likeness (QED) is 0.844. The van der Waals surface area contributed by atoms with E-state index in [0.717, 1.165) is 0 Å². The molecule has 1 aromatic heterocycles. The lowest BCUT2D eigenvalue weighted by atomic mass is 10.1. The van der Waals surface area contributed by atoms with Crippen LogP contribution in [0.25, 0.3) is 0 Å². The Kier molecular flexibility index (Phi) is 4.15. The summed E-state index contributed by atoms with van der Waals surface area (Å²) in [7, 11) is 3.08. The molecule has 1 aromatic carbocycles. The highest BCUT2D eigenvalue weighted by Gasteiger charge is 2.35. The molecular formula is C15H16N2O4S. The smallest absolute Gasteiger partial charge is 0.273 e. The molecule has 0 atom stereocenters. The molecule has 0 N–H and O–H groups in total. The number of aromatic nitrogens is 1. The van der Waals surface area contributed by atoms with E-state index >= 15 is 0 Å². The molecule has 7 heteroatoms. The number of benzene rings is 1. The van der Waals surface area contributed by atoms with E-state index in [4.69, 9.17) is 14.2 Å². The van der Waals surface area contributed by atoms with Crippen LogP contribution in [-0.2, 0) is 0 Å². The molecule has 1 aliphatic heterocycles. The van der Waals surface area contributed by atoms with Gasteiger partial charge in [-0.05, 0) is 12.1 Å². The Morgan fingerprint density at radius 3 is 2.50 bits per heavy atom. The first kappa shape index (κ1) is 14.6. The molecule has 0 unspecified atom stereocenters. The molecule has 116 valence electrons. The third-order valence-corrected chi connectivity index (χ3v) is 4.12. The second-order valence-electron chi connectivity index (χ2n) is 4.79. The normalized spacial score (nSPS) is 14.4. The minimum absolute atomic E-state index is 0.0178. The van der Waals surface area contributed by atoms with Gasteiger partial charge in [0.1, 0.15) is 23.2 Å². The van der Waals surface area contributed by atoms with Gasteiger partial charge in [0, 0.05) is 11.6 Å². The van der Waals surface area contributed by atoms with Crippen molar-refractivity contribution in [2.24, 2.45) is 0 Å². The molecule has 1 saturated heterocycles. The molecule has 1 fully saturated rings. The van der Waals surface area contributed by atoms with E-state index in [0.29, 0.717) is 35.3 Å². The van der Waals surface area contributed by atoms with E-state index < -0.39 is 0 Å². The highest BCUT2D eigenvalue weighted by atomic mass is 32.1. The zero-order chi connectivity index (χ0) is 15.5. The zero-order valence-electron chi connectivity index (χ0n) is 12.3. The van der Waals surface area contributed by atoms with E-state index in [-0.39, 0.29) is 12.0 Å². The number of carbonyl (C=O) groups is 1. The van der Waals surface area contributed by atoms with Gasteiger partial charge in [-0.25, -0.2) is 4.98 Å². The van der Waals surface area contributed by atoms with E-state index in [9.17, 15) is 4.79 Å². The Balaban J connectivity index is 1.68. The first-order chi connectivity index (χ1) is 10.7. The second kappa shape index (κ2) is 6.23. The molecule has 6 nitrogen and oxygen atoms in total. The molecule has 3 rings (SSSR count). The number of hydrogen-bond donors (Lipinski definition) is 0. The monoisotopic (exact) mass is 320 g/mol. The van der Waals surface area contributed by atoms with Crippen LogP contribution in [0.4, 0.5) is 0 Å². The Bertz CT molecular complexity index is 631. The molecular weight excluding hydrogens is 304 g/mol. The lowest BCUT2D eigenvalue weighted by molar-refractivity contribution is 0.0172. The predicted octanol–water partition coefficient (Wildman–Crippen LogP) is 2.06. The Morgan fingerprint density at radius 1 is 1.27 bits per heavy atom. The largest absolute Gasteiger partial charge is 0.496 e. The van der Waals surface area contributed by atoms with Gasteiger partial charge in [-0.2, -0.15) is 0 Å². The lowest BCUT2D eigenvalue weighted by Crippen LogP contribution is -2.56. The average Bonchev–Trinajstić information content (AvgIpc) is 3.02. The summed E-state index contributed by atoms with van der Waals surface area (Å²) in [5, 5.41) is 2.49. The molecule has 0 spiro atoms. The van der Waals surface area contributed by atoms with Gasteiger partial charge in [-0.3, -0.25) is 4.79 Å². The number of nitrogens with zero attached hydrogens (tertiary/aromatic N) is 2. The highest BCUT2D eigenvalue weighted by Crippen LogP contribution is 2.31. The maximum Gasteiger partial charge on any atom is 0.273 e. The van der Waals surface area contributed by atoms with E-state index in [1.165, 1.54) is 25.6 Å². The van der Waals surface area contributed by atoms with E-state index in [2.05, 4.69) is 4.98 Å². The summed E-state index contributed by atoms with van der Waals surface area (Å²) >= 11 is 1.44. The van der Waals surface area contributed by atoms with Gasteiger partial charge in [0.2, 0.25) is 0 Å². The topological polar surface area (TPSA) is 60.9 Å². The van der Waals surface area contributed by atoms with Gasteiger partial charge in [-0.1, -0.05) is 17.4 Å². The van der Waals surface area contributed by atoms with Crippen molar-refractivity contribution in [2.75, 3.05) is 27.3 Å². The number of amides is 1. The fraction of sp³-hybridized carbons (Fsp3) is 0.333. The van der Waals surface area contributed by atoms with Crippen LogP contribution in [0, 0.1) is 0 Å². The van der Waals surface area contributed by atoms with Crippen LogP contribution in [0.5, 0.6) is 16.7 Å². The first-order valence-electron chi connectivity index (χ1n) is 6.79. The summed E-state index contributed by atoms with van der Waals surface area (Å²) < 4.78 is 16.2. The summed E-state index contributed by atoms with van der Waals surface area (Å²) in [6.45, 7) is 1.05. The van der Waals surface area contributed by atoms with Crippen molar-refractivity contribution in [3.05, 3.63) is 35.3 Å². The molecule has 1 aliphatic rings. The van der Waals surface area contributed by atoms with Gasteiger partial charge in [0.15, 0.2) is 0 Å². The third-order valence-electron chi connectivity index (χ3n) is 3.45. The minimum Gasteiger partial charge on any atom is -0.496 e. The van der Waals surface area contributed by atoms with Crippen LogP contribution in [0.15, 0.2) is 29.8 Å². The number of carbonyl (C=O) groups excluding carboxylic acids is 1. The maximum absolute atomic E-state index is 12.6. The van der Waals surface area contributed by atoms with Crippen LogP contribution in [0.2, 0.25) is 0 Å². The van der Waals surface area contributed by atoms with Crippen LogP contribution >= 0.6 is 11.3 Å². The fourth-order valence-electron chi connectivity index (χ4n) is 2.31. The minimum atomic E-state index is -0.117. The number of methoxy groups -OCH3 is 2. The number of ether oxygens (including phenoxy) is 3. The number of likely N-dealkylation sites (tertiary alicyclic amines) is 1. The summed E-state index contributed by atoms with van der Waals surface area (Å²) in [6, 6.07) is 5.29. The zero-order valence-corrected chi connectivity index (χ0v) is 13.1. The molecule has 0 aliphatic carbocycles. The van der Waals surface area contributed by atoms with Gasteiger partial charge in [0.05, 0.1) is 27.3 Å². The van der Waals surface area contributed by atoms with Gasteiger partial charge < -0.3 is 19.1 Å². The Labute approximate surface area is 132 Å². The summed E-state index contributed by atoms with van der Waals surface area (Å²) in [4.78, 5) is 18.4. The molecule has 22 heavy (non-hydrogen) atoms. The van der Waals surface area contributed by atoms with Crippen molar-refractivity contribution in [3.63, 3.8) is 0 Å². The van der Waals surface area contributed by atoms with Crippen molar-refractivity contribution in [3.8, 4) is 16.7 Å². The van der Waals surface area contributed by atoms with Gasteiger partial charge in [-0.15, -0.1) is 0 Å². The van der Waals surface area contributed by atoms with Crippen LogP contribution in [0.1, 0.15) is 10.4 Å². The van der Waals surface area contributed by atoms with Crippen molar-refractivity contribution in [1.29, 1.82) is 0 Å². The van der Waals surface area contributed by atoms with Crippen LogP contribution < -0.4 is 14.2 Å². The molecule has 2 heterocycles. The van der Waals surface area contributed by atoms with Gasteiger partial charge >= 0.3 is 0 Å². The number of hydrogen-bond acceptors (Lipinski definition) is 6. The molecule has 1 amide bonds. The third kappa shape index (κ3) is 2.71. The molecule has 2 aromatic rings. The fourth-order valence-corrected chi connectivity index (χ4v) is 2.86. The predicted molar refractivity (Wildman–Crippen MR) is 82.0 cm³/mol. The maximum atomic E-state index is 12.6. The van der Waals surface area contributed by atoms with E-state index in [1.807, 2.05) is 5.38 Å². The summed E-state index contributed by atoms with van der Waals surface area (Å²) in [5.41, 5.74) is 0.445. The van der Waals surface area contributed by atoms with Crippen molar-refractivity contribution in [1.82, 2.24) is 9.88 Å². The molecule has 0 radical (unpaired) electrons. The van der Waals surface area contributed by atoms with Crippen LogP contribution in [0.3, 0.4) is 0 Å². The van der Waals surface area contributed by atoms with Crippen molar-refractivity contribution in [2.45, 2.75) is 6.10 Å². The summed E-state index contributed by atoms with van der Waals surface area (Å²) in [6.07, 6.45) is 1.68. The SMILES string of the molecule is COc1cccc(OC)c1C(=O)N1CC(Oc2nccs2)C1. The highest BCUT2D eigenvalue weighted by molar-refractivity contribution is 7.11. The van der Waals surface area contributed by atoms with Gasteiger partial charge in [0.25, 0.3) is 11.1 Å². The number of rotatable bonds is 5. The molecule has 0 bridgehead atoms. The van der Waals surface area contributed by atoms with Crippen molar-refractivity contribution >= 4 is 17.2 Å². The molecule has 0 saturated carbocycles. The van der Waals surface area contributed by atoms with E-state index in [1.54, 1.807) is 29.3 Å². The van der Waals surface area contributed by atoms with Crippen LogP contribution in [-0.4, -0.2) is 49.2 Å². The standard InChI is InChI=1S/C15H16N2O4S/c1-19-11-4-3-5-12(20-2)13(11)14(18)17-8-10(9-17)21-15-16-6-7-22-15/h3-7,10H,8-9H2,1-2H3.